The van der Waals surface area contributed by atoms with Crippen LogP contribution < -0.4 is 15.6 Å². The Morgan fingerprint density at radius 1 is 1.12 bits per heavy atom. The number of carbonyl (C=O) groups excluding carboxylic acids is 1. The summed E-state index contributed by atoms with van der Waals surface area (Å²) in [5.74, 6) is 1.19. The van der Waals surface area contributed by atoms with Crippen molar-refractivity contribution >= 4 is 11.9 Å². The number of hydrogen-bond acceptors (Lipinski definition) is 5. The smallest absolute Gasteiger partial charge is 0.276 e. The number of hydrogen-bond donors (Lipinski definition) is 2. The second kappa shape index (κ2) is 7.77. The second-order valence-corrected chi connectivity index (χ2v) is 6.11. The van der Waals surface area contributed by atoms with Crippen LogP contribution in [0.4, 0.5) is 5.95 Å². The van der Waals surface area contributed by atoms with Crippen molar-refractivity contribution in [3.63, 3.8) is 0 Å². The van der Waals surface area contributed by atoms with E-state index < -0.39 is 0 Å². The summed E-state index contributed by atoms with van der Waals surface area (Å²) in [5, 5.41) is 0. The number of amides is 1. The molecule has 0 unspecified atom stereocenters. The average molecular weight is 328 g/mol. The molecule has 1 heterocycles. The normalized spacial score (nSPS) is 10.6. The quantitative estimate of drug-likeness (QED) is 0.797. The number of aromatic nitrogens is 2. The lowest BCUT2D eigenvalue weighted by Crippen LogP contribution is -2.34. The van der Waals surface area contributed by atoms with Crippen LogP contribution in [0.5, 0.6) is 5.75 Å². The van der Waals surface area contributed by atoms with Crippen molar-refractivity contribution < 1.29 is 9.53 Å². The summed E-state index contributed by atoms with van der Waals surface area (Å²) >= 11 is 0. The lowest BCUT2D eigenvalue weighted by atomic mass is 9.98. The maximum absolute atomic E-state index is 11.9. The minimum Gasteiger partial charge on any atom is -0.484 e. The third kappa shape index (κ3) is 4.94. The van der Waals surface area contributed by atoms with Crippen molar-refractivity contribution in [3.05, 3.63) is 46.8 Å². The number of nitrogens with one attached hydrogen (secondary N) is 2. The number of rotatable bonds is 6. The standard InChI is InChI=1S/C18H24N4O2/c1-11(2)16-7-6-15(8-12(16)3)24-10-17(23)21-22-18-19-13(4)9-14(5)20-18/h6-9,11H,10H2,1-5H3,(H,21,23)(H,19,20,22). The zero-order valence-electron chi connectivity index (χ0n) is 14.8. The molecule has 0 radical (unpaired) electrons. The maximum Gasteiger partial charge on any atom is 0.276 e. The van der Waals surface area contributed by atoms with E-state index in [4.69, 9.17) is 4.74 Å². The Labute approximate surface area is 142 Å². The summed E-state index contributed by atoms with van der Waals surface area (Å²) in [4.78, 5) is 20.2. The Hall–Kier alpha value is -2.63. The van der Waals surface area contributed by atoms with Gasteiger partial charge in [0.25, 0.3) is 5.91 Å². The summed E-state index contributed by atoms with van der Waals surface area (Å²) < 4.78 is 5.53. The van der Waals surface area contributed by atoms with Gasteiger partial charge in [-0.15, -0.1) is 0 Å². The number of carbonyl (C=O) groups is 1. The molecule has 0 saturated carbocycles. The molecule has 2 rings (SSSR count). The van der Waals surface area contributed by atoms with Crippen molar-refractivity contribution in [2.24, 2.45) is 0 Å². The predicted molar refractivity (Wildman–Crippen MR) is 94.0 cm³/mol. The van der Waals surface area contributed by atoms with Gasteiger partial charge in [0.1, 0.15) is 5.75 Å². The highest BCUT2D eigenvalue weighted by Crippen LogP contribution is 2.23. The molecule has 2 aromatic rings. The highest BCUT2D eigenvalue weighted by atomic mass is 16.5. The third-order valence-corrected chi connectivity index (χ3v) is 3.53. The van der Waals surface area contributed by atoms with Crippen LogP contribution in [-0.4, -0.2) is 22.5 Å². The number of ether oxygens (including phenoxy) is 1. The Kier molecular flexibility index (Phi) is 5.73. The molecule has 1 amide bonds. The number of anilines is 1. The fourth-order valence-corrected chi connectivity index (χ4v) is 2.48. The predicted octanol–water partition coefficient (Wildman–Crippen LogP) is 3.05. The van der Waals surface area contributed by atoms with Crippen molar-refractivity contribution in [2.75, 3.05) is 12.0 Å². The summed E-state index contributed by atoms with van der Waals surface area (Å²) in [6, 6.07) is 7.73. The van der Waals surface area contributed by atoms with Gasteiger partial charge in [0, 0.05) is 11.4 Å². The average Bonchev–Trinajstić information content (AvgIpc) is 2.49. The molecular formula is C18H24N4O2. The lowest BCUT2D eigenvalue weighted by Gasteiger charge is -2.13. The fourth-order valence-electron chi connectivity index (χ4n) is 2.48. The summed E-state index contributed by atoms with van der Waals surface area (Å²) in [6.45, 7) is 10.00. The molecule has 0 atom stereocenters. The van der Waals surface area contributed by atoms with E-state index in [-0.39, 0.29) is 12.5 Å². The summed E-state index contributed by atoms with van der Waals surface area (Å²) in [6.07, 6.45) is 0. The highest BCUT2D eigenvalue weighted by Gasteiger charge is 2.07. The van der Waals surface area contributed by atoms with Gasteiger partial charge in [-0.2, -0.15) is 0 Å². The Balaban J connectivity index is 1.86. The van der Waals surface area contributed by atoms with Crippen LogP contribution in [0, 0.1) is 20.8 Å². The molecule has 1 aromatic carbocycles. The van der Waals surface area contributed by atoms with E-state index in [0.29, 0.717) is 17.6 Å². The molecule has 6 nitrogen and oxygen atoms in total. The van der Waals surface area contributed by atoms with Crippen molar-refractivity contribution in [2.45, 2.75) is 40.5 Å². The highest BCUT2D eigenvalue weighted by molar-refractivity contribution is 5.78. The van der Waals surface area contributed by atoms with Crippen LogP contribution in [0.3, 0.4) is 0 Å². The molecule has 0 fully saturated rings. The van der Waals surface area contributed by atoms with Crippen LogP contribution in [0.1, 0.15) is 42.3 Å². The van der Waals surface area contributed by atoms with Gasteiger partial charge in [-0.1, -0.05) is 19.9 Å². The topological polar surface area (TPSA) is 76.1 Å². The van der Waals surface area contributed by atoms with E-state index >= 15 is 0 Å². The van der Waals surface area contributed by atoms with Gasteiger partial charge in [0.05, 0.1) is 0 Å². The van der Waals surface area contributed by atoms with Gasteiger partial charge >= 0.3 is 0 Å². The molecule has 0 aliphatic rings. The van der Waals surface area contributed by atoms with E-state index in [0.717, 1.165) is 17.0 Å². The Bertz CT molecular complexity index is 709. The van der Waals surface area contributed by atoms with Crippen molar-refractivity contribution in [1.82, 2.24) is 15.4 Å². The largest absolute Gasteiger partial charge is 0.484 e. The first kappa shape index (κ1) is 17.7. The number of hydrazine groups is 1. The Morgan fingerprint density at radius 3 is 2.38 bits per heavy atom. The molecule has 0 aliphatic heterocycles. The number of benzene rings is 1. The first-order valence-corrected chi connectivity index (χ1v) is 7.95. The summed E-state index contributed by atoms with van der Waals surface area (Å²) in [7, 11) is 0. The third-order valence-electron chi connectivity index (χ3n) is 3.53. The first-order valence-electron chi connectivity index (χ1n) is 7.95. The molecule has 6 heteroatoms. The van der Waals surface area contributed by atoms with Crippen LogP contribution in [0.2, 0.25) is 0 Å². The van der Waals surface area contributed by atoms with Gasteiger partial charge in [-0.25, -0.2) is 9.97 Å². The maximum atomic E-state index is 11.9. The van der Waals surface area contributed by atoms with Gasteiger partial charge in [-0.3, -0.25) is 15.6 Å². The van der Waals surface area contributed by atoms with E-state index in [1.807, 2.05) is 45.0 Å². The SMILES string of the molecule is Cc1cc(C)nc(NNC(=O)COc2ccc(C(C)C)c(C)c2)n1. The zero-order chi connectivity index (χ0) is 17.7. The molecule has 0 saturated heterocycles. The first-order chi connectivity index (χ1) is 11.3. The molecule has 0 aliphatic carbocycles. The second-order valence-electron chi connectivity index (χ2n) is 6.11. The number of aryl methyl sites for hydroxylation is 3. The van der Waals surface area contributed by atoms with Crippen LogP contribution in [0.25, 0.3) is 0 Å². The number of nitrogens with zero attached hydrogens (tertiary/aromatic N) is 2. The van der Waals surface area contributed by atoms with Gasteiger partial charge in [-0.05, 0) is 56.0 Å². The van der Waals surface area contributed by atoms with Crippen LogP contribution in [-0.2, 0) is 4.79 Å². The van der Waals surface area contributed by atoms with Crippen LogP contribution >= 0.6 is 0 Å². The van der Waals surface area contributed by atoms with Gasteiger partial charge < -0.3 is 4.74 Å². The fraction of sp³-hybridized carbons (Fsp3) is 0.389. The van der Waals surface area contributed by atoms with Gasteiger partial charge in [0.2, 0.25) is 5.95 Å². The van der Waals surface area contributed by atoms with Crippen LogP contribution in [0.15, 0.2) is 24.3 Å². The minimum absolute atomic E-state index is 0.0851. The molecule has 0 bridgehead atoms. The molecule has 24 heavy (non-hydrogen) atoms. The molecule has 1 aromatic heterocycles. The molecule has 2 N–H and O–H groups in total. The van der Waals surface area contributed by atoms with E-state index in [1.54, 1.807) is 0 Å². The molecular weight excluding hydrogens is 304 g/mol. The van der Waals surface area contributed by atoms with Crippen molar-refractivity contribution in [3.8, 4) is 5.75 Å². The van der Waals surface area contributed by atoms with Gasteiger partial charge in [0.15, 0.2) is 6.61 Å². The molecule has 0 spiro atoms. The van der Waals surface area contributed by atoms with E-state index in [2.05, 4.69) is 34.7 Å². The lowest BCUT2D eigenvalue weighted by molar-refractivity contribution is -0.122. The molecule has 128 valence electrons. The monoisotopic (exact) mass is 328 g/mol. The Morgan fingerprint density at radius 2 is 1.79 bits per heavy atom. The minimum atomic E-state index is -0.302. The summed E-state index contributed by atoms with van der Waals surface area (Å²) in [5.41, 5.74) is 9.32. The zero-order valence-corrected chi connectivity index (χ0v) is 14.8. The van der Waals surface area contributed by atoms with E-state index in [9.17, 15) is 4.79 Å². The van der Waals surface area contributed by atoms with Crippen molar-refractivity contribution in [1.29, 1.82) is 0 Å². The van der Waals surface area contributed by atoms with E-state index in [1.165, 1.54) is 5.56 Å².